The summed E-state index contributed by atoms with van der Waals surface area (Å²) in [5.41, 5.74) is 2.45. The molecule has 2 aliphatic carbocycles. The lowest BCUT2D eigenvalue weighted by Crippen LogP contribution is -2.49. The lowest BCUT2D eigenvalue weighted by molar-refractivity contribution is -0.140. The Morgan fingerprint density at radius 3 is 2.70 bits per heavy atom. The molecule has 0 amide bonds. The molecular formula is C20H32O3. The summed E-state index contributed by atoms with van der Waals surface area (Å²) in [5, 5.41) is 20.5. The lowest BCUT2D eigenvalue weighted by atomic mass is 9.49. The van der Waals surface area contributed by atoms with Crippen LogP contribution in [0.2, 0.25) is 0 Å². The molecule has 0 bridgehead atoms. The van der Waals surface area contributed by atoms with Crippen molar-refractivity contribution in [3.8, 4) is 0 Å². The fourth-order valence-corrected chi connectivity index (χ4v) is 5.95. The normalized spacial score (nSPS) is 43.3. The highest BCUT2D eigenvalue weighted by atomic mass is 16.6. The third-order valence-electron chi connectivity index (χ3n) is 7.13. The molecule has 1 aliphatic heterocycles. The molecule has 3 heteroatoms. The first-order chi connectivity index (χ1) is 10.8. The van der Waals surface area contributed by atoms with Gasteiger partial charge in [-0.3, -0.25) is 0 Å². The molecule has 0 aromatic heterocycles. The SMILES string of the molecule is C=CC1=C(CO)[C@@H]2O[C@@H](O)CC3C(C)(C)CCC[C@]3(C)C2CC1. The van der Waals surface area contributed by atoms with Gasteiger partial charge in [0.2, 0.25) is 0 Å². The van der Waals surface area contributed by atoms with E-state index in [4.69, 9.17) is 4.74 Å². The minimum Gasteiger partial charge on any atom is -0.392 e. The van der Waals surface area contributed by atoms with Crippen LogP contribution in [0.3, 0.4) is 0 Å². The van der Waals surface area contributed by atoms with Gasteiger partial charge >= 0.3 is 0 Å². The number of fused-ring (bicyclic) bond motifs is 3. The molecule has 2 unspecified atom stereocenters. The first-order valence-electron chi connectivity index (χ1n) is 9.12. The van der Waals surface area contributed by atoms with Gasteiger partial charge in [0, 0.05) is 6.42 Å². The molecule has 1 heterocycles. The molecule has 3 rings (SSSR count). The zero-order valence-electron chi connectivity index (χ0n) is 14.8. The summed E-state index contributed by atoms with van der Waals surface area (Å²) >= 11 is 0. The van der Waals surface area contributed by atoms with E-state index >= 15 is 0 Å². The van der Waals surface area contributed by atoms with Gasteiger partial charge in [-0.15, -0.1) is 0 Å². The quantitative estimate of drug-likeness (QED) is 0.813. The minimum absolute atomic E-state index is 0.000616. The number of aliphatic hydroxyl groups is 2. The van der Waals surface area contributed by atoms with Gasteiger partial charge in [0.15, 0.2) is 6.29 Å². The Bertz CT molecular complexity index is 507. The minimum atomic E-state index is -0.739. The predicted molar refractivity (Wildman–Crippen MR) is 91.8 cm³/mol. The number of ether oxygens (including phenoxy) is 1. The summed E-state index contributed by atoms with van der Waals surface area (Å²) in [7, 11) is 0. The Balaban J connectivity index is 2.06. The van der Waals surface area contributed by atoms with Gasteiger partial charge in [-0.2, -0.15) is 0 Å². The van der Waals surface area contributed by atoms with Crippen molar-refractivity contribution in [1.29, 1.82) is 0 Å². The highest BCUT2D eigenvalue weighted by molar-refractivity contribution is 5.32. The first-order valence-corrected chi connectivity index (χ1v) is 9.12. The maximum atomic E-state index is 10.5. The van der Waals surface area contributed by atoms with Crippen LogP contribution >= 0.6 is 0 Å². The molecule has 0 radical (unpaired) electrons. The zero-order valence-corrected chi connectivity index (χ0v) is 14.8. The van der Waals surface area contributed by atoms with Gasteiger partial charge < -0.3 is 14.9 Å². The van der Waals surface area contributed by atoms with Crippen molar-refractivity contribution in [2.45, 2.75) is 71.7 Å². The average molecular weight is 320 g/mol. The van der Waals surface area contributed by atoms with Crippen LogP contribution < -0.4 is 0 Å². The Labute approximate surface area is 140 Å². The maximum absolute atomic E-state index is 10.5. The van der Waals surface area contributed by atoms with Crippen molar-refractivity contribution in [3.05, 3.63) is 23.8 Å². The highest BCUT2D eigenvalue weighted by Gasteiger charge is 2.56. The Morgan fingerprint density at radius 2 is 2.04 bits per heavy atom. The van der Waals surface area contributed by atoms with E-state index in [2.05, 4.69) is 27.4 Å². The van der Waals surface area contributed by atoms with Crippen molar-refractivity contribution in [2.75, 3.05) is 6.61 Å². The fraction of sp³-hybridized carbons (Fsp3) is 0.800. The van der Waals surface area contributed by atoms with Crippen molar-refractivity contribution in [2.24, 2.45) is 22.7 Å². The van der Waals surface area contributed by atoms with Gasteiger partial charge in [-0.05, 0) is 59.5 Å². The van der Waals surface area contributed by atoms with Gasteiger partial charge in [0.25, 0.3) is 0 Å². The molecule has 5 atom stereocenters. The molecule has 3 nitrogen and oxygen atoms in total. The molecule has 130 valence electrons. The van der Waals surface area contributed by atoms with Crippen LogP contribution in [0.5, 0.6) is 0 Å². The summed E-state index contributed by atoms with van der Waals surface area (Å²) in [4.78, 5) is 0. The van der Waals surface area contributed by atoms with E-state index in [1.807, 2.05) is 6.08 Å². The van der Waals surface area contributed by atoms with Gasteiger partial charge in [0.1, 0.15) is 0 Å². The highest BCUT2D eigenvalue weighted by Crippen LogP contribution is 2.61. The average Bonchev–Trinajstić information content (AvgIpc) is 2.61. The molecule has 2 N–H and O–H groups in total. The molecule has 0 aromatic rings. The van der Waals surface area contributed by atoms with Gasteiger partial charge in [-0.25, -0.2) is 0 Å². The van der Waals surface area contributed by atoms with Gasteiger partial charge in [0.05, 0.1) is 12.7 Å². The predicted octanol–water partition coefficient (Wildman–Crippen LogP) is 3.81. The molecule has 1 saturated heterocycles. The van der Waals surface area contributed by atoms with E-state index < -0.39 is 6.29 Å². The summed E-state index contributed by atoms with van der Waals surface area (Å²) < 4.78 is 6.09. The van der Waals surface area contributed by atoms with Crippen LogP contribution in [-0.2, 0) is 4.74 Å². The van der Waals surface area contributed by atoms with Crippen molar-refractivity contribution >= 4 is 0 Å². The van der Waals surface area contributed by atoms with E-state index in [0.717, 1.165) is 24.0 Å². The first kappa shape index (κ1) is 17.2. The molecule has 2 fully saturated rings. The third-order valence-corrected chi connectivity index (χ3v) is 7.13. The topological polar surface area (TPSA) is 49.7 Å². The monoisotopic (exact) mass is 320 g/mol. The fourth-order valence-electron chi connectivity index (χ4n) is 5.95. The Hall–Kier alpha value is -0.640. The second-order valence-corrected chi connectivity index (χ2v) is 8.71. The molecular weight excluding hydrogens is 288 g/mol. The summed E-state index contributed by atoms with van der Waals surface area (Å²) in [5.74, 6) is 0.828. The van der Waals surface area contributed by atoms with Crippen LogP contribution in [0.25, 0.3) is 0 Å². The van der Waals surface area contributed by atoms with Gasteiger partial charge in [-0.1, -0.05) is 39.8 Å². The standard InChI is InChI=1S/C20H32O3/c1-5-13-7-8-15-18(14(13)12-21)23-17(22)11-16-19(2,3)9-6-10-20(15,16)4/h5,15-18,21-22H,1,6-12H2,2-4H3/t15?,16?,17-,18+,20-/m1/s1. The maximum Gasteiger partial charge on any atom is 0.155 e. The van der Waals surface area contributed by atoms with Crippen LogP contribution in [0.1, 0.15) is 59.3 Å². The number of aliphatic hydroxyl groups excluding tert-OH is 2. The number of hydrogen-bond donors (Lipinski definition) is 2. The van der Waals surface area contributed by atoms with Crippen LogP contribution in [0.4, 0.5) is 0 Å². The second-order valence-electron chi connectivity index (χ2n) is 8.71. The molecule has 1 saturated carbocycles. The van der Waals surface area contributed by atoms with E-state index in [1.54, 1.807) is 0 Å². The summed E-state index contributed by atoms with van der Waals surface area (Å²) in [6.07, 6.45) is 7.34. The third kappa shape index (κ3) is 2.71. The van der Waals surface area contributed by atoms with Crippen LogP contribution in [-0.4, -0.2) is 29.2 Å². The second kappa shape index (κ2) is 6.02. The molecule has 3 aliphatic rings. The number of hydrogen-bond acceptors (Lipinski definition) is 3. The van der Waals surface area contributed by atoms with E-state index in [-0.39, 0.29) is 23.5 Å². The summed E-state index contributed by atoms with van der Waals surface area (Å²) in [6, 6.07) is 0. The van der Waals surface area contributed by atoms with Crippen molar-refractivity contribution in [3.63, 3.8) is 0 Å². The molecule has 23 heavy (non-hydrogen) atoms. The summed E-state index contributed by atoms with van der Waals surface area (Å²) in [6.45, 7) is 11.0. The number of rotatable bonds is 2. The largest absolute Gasteiger partial charge is 0.392 e. The molecule has 0 spiro atoms. The number of allylic oxidation sites excluding steroid dienone is 2. The van der Waals surface area contributed by atoms with E-state index in [9.17, 15) is 10.2 Å². The zero-order chi connectivity index (χ0) is 16.8. The Kier molecular flexibility index (Phi) is 4.50. The van der Waals surface area contributed by atoms with E-state index in [0.29, 0.717) is 18.3 Å². The lowest BCUT2D eigenvalue weighted by Gasteiger charge is -2.55. The van der Waals surface area contributed by atoms with Crippen LogP contribution in [0.15, 0.2) is 23.8 Å². The van der Waals surface area contributed by atoms with E-state index in [1.165, 1.54) is 19.3 Å². The van der Waals surface area contributed by atoms with Crippen molar-refractivity contribution < 1.29 is 14.9 Å². The smallest absolute Gasteiger partial charge is 0.155 e. The van der Waals surface area contributed by atoms with Crippen LogP contribution in [0, 0.1) is 22.7 Å². The van der Waals surface area contributed by atoms with Crippen molar-refractivity contribution in [1.82, 2.24) is 0 Å². The Morgan fingerprint density at radius 1 is 1.30 bits per heavy atom. The molecule has 0 aromatic carbocycles.